The van der Waals surface area contributed by atoms with Crippen LogP contribution in [-0.2, 0) is 0 Å². The summed E-state index contributed by atoms with van der Waals surface area (Å²) in [5, 5.41) is 34.1. The number of nitrogens with zero attached hydrogens (tertiary/aromatic N) is 5. The molecule has 1 heterocycles. The fourth-order valence-corrected chi connectivity index (χ4v) is 1.45. The summed E-state index contributed by atoms with van der Waals surface area (Å²) in [4.78, 5) is 0. The summed E-state index contributed by atoms with van der Waals surface area (Å²) in [6, 6.07) is 8.69. The Morgan fingerprint density at radius 1 is 1.42 bits per heavy atom. The highest BCUT2D eigenvalue weighted by atomic mass is 35.5. The summed E-state index contributed by atoms with van der Waals surface area (Å²) in [7, 11) is 0. The molecular weight excluding hydrogens is 266 g/mol. The van der Waals surface area contributed by atoms with E-state index in [0.717, 1.165) is 0 Å². The lowest BCUT2D eigenvalue weighted by molar-refractivity contribution is 0.881. The molecule has 0 bridgehead atoms. The van der Waals surface area contributed by atoms with Crippen LogP contribution in [0.4, 0.5) is 5.69 Å². The Morgan fingerprint density at radius 3 is 2.89 bits per heavy atom. The van der Waals surface area contributed by atoms with Gasteiger partial charge in [-0.25, -0.2) is 0 Å². The van der Waals surface area contributed by atoms with Crippen LogP contribution < -0.4 is 5.32 Å². The van der Waals surface area contributed by atoms with Gasteiger partial charge in [-0.05, 0) is 23.4 Å². The highest BCUT2D eigenvalue weighted by molar-refractivity contribution is 6.33. The van der Waals surface area contributed by atoms with Crippen LogP contribution in [0.3, 0.4) is 0 Å². The SMILES string of the molecule is N#CC(=CNc1cc(C#N)ccc1Cl)c1nn[nH]n1. The molecule has 0 saturated carbocycles. The number of tetrazole rings is 1. The van der Waals surface area contributed by atoms with E-state index in [1.165, 1.54) is 6.20 Å². The van der Waals surface area contributed by atoms with E-state index in [0.29, 0.717) is 16.3 Å². The molecule has 0 aliphatic carbocycles. The summed E-state index contributed by atoms with van der Waals surface area (Å²) >= 11 is 5.97. The lowest BCUT2D eigenvalue weighted by Crippen LogP contribution is -1.94. The summed E-state index contributed by atoms with van der Waals surface area (Å²) < 4.78 is 0. The number of hydrogen-bond acceptors (Lipinski definition) is 6. The Labute approximate surface area is 113 Å². The van der Waals surface area contributed by atoms with Crippen molar-refractivity contribution in [2.24, 2.45) is 0 Å². The number of anilines is 1. The summed E-state index contributed by atoms with van der Waals surface area (Å²) in [6.45, 7) is 0. The fourth-order valence-electron chi connectivity index (χ4n) is 1.28. The number of benzene rings is 1. The van der Waals surface area contributed by atoms with Crippen molar-refractivity contribution in [3.05, 3.63) is 40.8 Å². The normalized spacial score (nSPS) is 10.6. The highest BCUT2D eigenvalue weighted by Gasteiger charge is 2.06. The smallest absolute Gasteiger partial charge is 0.216 e. The molecule has 8 heteroatoms. The second-order valence-corrected chi connectivity index (χ2v) is 3.76. The predicted molar refractivity (Wildman–Crippen MR) is 67.6 cm³/mol. The quantitative estimate of drug-likeness (QED) is 0.821. The zero-order valence-corrected chi connectivity index (χ0v) is 10.2. The van der Waals surface area contributed by atoms with E-state index < -0.39 is 0 Å². The van der Waals surface area contributed by atoms with Crippen LogP contribution in [0.25, 0.3) is 5.57 Å². The first kappa shape index (κ1) is 12.6. The molecular formula is C11H6ClN7. The maximum absolute atomic E-state index is 8.98. The third-order valence-corrected chi connectivity index (χ3v) is 2.50. The van der Waals surface area contributed by atoms with Gasteiger partial charge in [0.1, 0.15) is 11.6 Å². The van der Waals surface area contributed by atoms with Crippen molar-refractivity contribution in [2.75, 3.05) is 5.32 Å². The largest absolute Gasteiger partial charge is 0.359 e. The van der Waals surface area contributed by atoms with Gasteiger partial charge in [0.2, 0.25) is 5.82 Å². The number of aromatic nitrogens is 4. The molecule has 0 saturated heterocycles. The van der Waals surface area contributed by atoms with E-state index in [4.69, 9.17) is 22.1 Å². The number of rotatable bonds is 3. The van der Waals surface area contributed by atoms with Crippen LogP contribution in [0.1, 0.15) is 11.4 Å². The van der Waals surface area contributed by atoms with Gasteiger partial charge < -0.3 is 5.32 Å². The third kappa shape index (κ3) is 2.86. The number of nitriles is 2. The molecule has 0 aliphatic rings. The molecule has 1 aromatic carbocycles. The van der Waals surface area contributed by atoms with Gasteiger partial charge in [-0.3, -0.25) is 0 Å². The molecule has 0 unspecified atom stereocenters. The van der Waals surface area contributed by atoms with Gasteiger partial charge in [0.25, 0.3) is 0 Å². The number of nitrogens with one attached hydrogen (secondary N) is 2. The van der Waals surface area contributed by atoms with Crippen molar-refractivity contribution in [2.45, 2.75) is 0 Å². The second-order valence-electron chi connectivity index (χ2n) is 3.36. The summed E-state index contributed by atoms with van der Waals surface area (Å²) in [5.41, 5.74) is 1.16. The summed E-state index contributed by atoms with van der Waals surface area (Å²) in [5.74, 6) is 0.169. The Hall–Kier alpha value is -2.90. The maximum Gasteiger partial charge on any atom is 0.216 e. The van der Waals surface area contributed by atoms with Crippen molar-refractivity contribution in [3.63, 3.8) is 0 Å². The highest BCUT2D eigenvalue weighted by Crippen LogP contribution is 2.23. The molecule has 2 rings (SSSR count). The van der Waals surface area contributed by atoms with Crippen LogP contribution >= 0.6 is 11.6 Å². The van der Waals surface area contributed by atoms with Crippen LogP contribution in [0.5, 0.6) is 0 Å². The topological polar surface area (TPSA) is 114 Å². The van der Waals surface area contributed by atoms with Crippen molar-refractivity contribution in [1.82, 2.24) is 20.6 Å². The van der Waals surface area contributed by atoms with Crippen molar-refractivity contribution in [1.29, 1.82) is 10.5 Å². The zero-order valence-electron chi connectivity index (χ0n) is 9.42. The minimum absolute atomic E-state index is 0.169. The molecule has 92 valence electrons. The van der Waals surface area contributed by atoms with Gasteiger partial charge in [0, 0.05) is 6.20 Å². The lowest BCUT2D eigenvalue weighted by Gasteiger charge is -2.04. The number of H-pyrrole nitrogens is 1. The molecule has 1 aromatic heterocycles. The van der Waals surface area contributed by atoms with Crippen molar-refractivity contribution in [3.8, 4) is 12.1 Å². The minimum atomic E-state index is 0.169. The molecule has 0 spiro atoms. The molecule has 0 atom stereocenters. The number of hydrogen-bond donors (Lipinski definition) is 2. The van der Waals surface area contributed by atoms with E-state index in [-0.39, 0.29) is 11.4 Å². The number of aromatic amines is 1. The fraction of sp³-hybridized carbons (Fsp3) is 0. The molecule has 0 radical (unpaired) electrons. The standard InChI is InChI=1S/C11H6ClN7/c12-9-2-1-7(4-13)3-10(9)15-6-8(5-14)11-16-18-19-17-11/h1-3,6,15H,(H,16,17,18,19). The van der Waals surface area contributed by atoms with E-state index in [1.54, 1.807) is 18.2 Å². The average molecular weight is 272 g/mol. The van der Waals surface area contributed by atoms with Crippen molar-refractivity contribution < 1.29 is 0 Å². The molecule has 2 aromatic rings. The van der Waals surface area contributed by atoms with Crippen LogP contribution in [0.15, 0.2) is 24.4 Å². The monoisotopic (exact) mass is 271 g/mol. The van der Waals surface area contributed by atoms with Crippen molar-refractivity contribution >= 4 is 22.9 Å². The Morgan fingerprint density at radius 2 is 2.26 bits per heavy atom. The first-order chi connectivity index (χ1) is 9.24. The van der Waals surface area contributed by atoms with E-state index in [2.05, 4.69) is 25.9 Å². The van der Waals surface area contributed by atoms with Gasteiger partial charge in [-0.2, -0.15) is 15.7 Å². The minimum Gasteiger partial charge on any atom is -0.359 e. The Bertz CT molecular complexity index is 691. The first-order valence-corrected chi connectivity index (χ1v) is 5.42. The number of allylic oxidation sites excluding steroid dienone is 1. The van der Waals surface area contributed by atoms with Gasteiger partial charge in [0.05, 0.1) is 22.3 Å². The number of halogens is 1. The van der Waals surface area contributed by atoms with Gasteiger partial charge in [0.15, 0.2) is 0 Å². The molecule has 2 N–H and O–H groups in total. The average Bonchev–Trinajstić information content (AvgIpc) is 2.95. The van der Waals surface area contributed by atoms with Gasteiger partial charge in [-0.15, -0.1) is 10.2 Å². The maximum atomic E-state index is 8.98. The molecule has 0 amide bonds. The Balaban J connectivity index is 2.27. The predicted octanol–water partition coefficient (Wildman–Crippen LogP) is 1.70. The Kier molecular flexibility index (Phi) is 3.72. The van der Waals surface area contributed by atoms with E-state index in [1.807, 2.05) is 12.1 Å². The van der Waals surface area contributed by atoms with Crippen LogP contribution in [0, 0.1) is 22.7 Å². The van der Waals surface area contributed by atoms with Gasteiger partial charge >= 0.3 is 0 Å². The van der Waals surface area contributed by atoms with E-state index in [9.17, 15) is 0 Å². The van der Waals surface area contributed by atoms with Crippen LogP contribution in [0.2, 0.25) is 5.02 Å². The second kappa shape index (κ2) is 5.63. The zero-order chi connectivity index (χ0) is 13.7. The van der Waals surface area contributed by atoms with Gasteiger partial charge in [-0.1, -0.05) is 11.6 Å². The van der Waals surface area contributed by atoms with Crippen LogP contribution in [-0.4, -0.2) is 20.6 Å². The third-order valence-electron chi connectivity index (χ3n) is 2.17. The lowest BCUT2D eigenvalue weighted by atomic mass is 10.2. The molecule has 19 heavy (non-hydrogen) atoms. The first-order valence-electron chi connectivity index (χ1n) is 5.05. The summed E-state index contributed by atoms with van der Waals surface area (Å²) in [6.07, 6.45) is 1.40. The molecule has 7 nitrogen and oxygen atoms in total. The molecule has 0 aliphatic heterocycles. The molecule has 0 fully saturated rings. The van der Waals surface area contributed by atoms with E-state index >= 15 is 0 Å².